The molecule has 4 fully saturated rings. The predicted octanol–water partition coefficient (Wildman–Crippen LogP) is 5.19. The summed E-state index contributed by atoms with van der Waals surface area (Å²) in [6.07, 6.45) is 4.91. The number of hydrogen-bond donors (Lipinski definition) is 1. The number of nitrogens with one attached hydrogen (secondary N) is 1. The minimum Gasteiger partial charge on any atom is -0.390 e. The first kappa shape index (κ1) is 20.2. The minimum absolute atomic E-state index is 0.0733. The molecule has 1 aromatic heterocycles. The number of nitro groups is 1. The zero-order valence-electron chi connectivity index (χ0n) is 15.8. The molecule has 8 nitrogen and oxygen atoms in total. The van der Waals surface area contributed by atoms with Crippen LogP contribution in [0.1, 0.15) is 38.5 Å². The SMILES string of the molecule is O=C(Nc1cc(Cl)ccc1Cl)C12C[C@H]3C[C@@H](C1)CC(n1nc([N+](=O)[O-])nc1Br)(C3)C2. The topological polar surface area (TPSA) is 103 Å². The van der Waals surface area contributed by atoms with Crippen molar-refractivity contribution in [3.8, 4) is 0 Å². The van der Waals surface area contributed by atoms with Crippen molar-refractivity contribution in [3.63, 3.8) is 0 Å². The van der Waals surface area contributed by atoms with Crippen LogP contribution in [0.2, 0.25) is 10.0 Å². The summed E-state index contributed by atoms with van der Waals surface area (Å²) in [7, 11) is 0. The first-order valence-corrected chi connectivity index (χ1v) is 11.3. The van der Waals surface area contributed by atoms with Gasteiger partial charge < -0.3 is 15.4 Å². The Balaban J connectivity index is 1.50. The largest absolute Gasteiger partial charge is 0.492 e. The molecule has 2 unspecified atom stereocenters. The Hall–Kier alpha value is -1.71. The Morgan fingerprint density at radius 2 is 1.97 bits per heavy atom. The number of carbonyl (C=O) groups is 1. The molecule has 4 bridgehead atoms. The molecule has 30 heavy (non-hydrogen) atoms. The summed E-state index contributed by atoms with van der Waals surface area (Å²) in [5, 5.41) is 19.3. The molecule has 6 rings (SSSR count). The fraction of sp³-hybridized carbons (Fsp3) is 0.526. The molecule has 4 aliphatic rings. The quantitative estimate of drug-likeness (QED) is 0.446. The van der Waals surface area contributed by atoms with Crippen LogP contribution in [0.5, 0.6) is 0 Å². The van der Waals surface area contributed by atoms with Gasteiger partial charge in [-0.25, -0.2) is 0 Å². The second-order valence-corrected chi connectivity index (χ2v) is 10.4. The third-order valence-electron chi connectivity index (χ3n) is 6.86. The number of anilines is 1. The van der Waals surface area contributed by atoms with Gasteiger partial charge in [0, 0.05) is 26.1 Å². The number of aromatic nitrogens is 3. The number of nitrogens with zero attached hydrogens (tertiary/aromatic N) is 4. The van der Waals surface area contributed by atoms with Crippen molar-refractivity contribution >= 4 is 56.7 Å². The summed E-state index contributed by atoms with van der Waals surface area (Å²) in [5.74, 6) is 0.224. The molecular formula is C19H18BrCl2N5O3. The van der Waals surface area contributed by atoms with Crippen molar-refractivity contribution in [1.82, 2.24) is 14.8 Å². The van der Waals surface area contributed by atoms with Gasteiger partial charge in [0.25, 0.3) is 4.73 Å². The second-order valence-electron chi connectivity index (χ2n) is 8.89. The fourth-order valence-corrected chi connectivity index (χ4v) is 7.19. The number of halogens is 3. The van der Waals surface area contributed by atoms with Crippen molar-refractivity contribution in [1.29, 1.82) is 0 Å². The van der Waals surface area contributed by atoms with Crippen molar-refractivity contribution in [2.24, 2.45) is 17.3 Å². The summed E-state index contributed by atoms with van der Waals surface area (Å²) in [6.45, 7) is 0. The highest BCUT2D eigenvalue weighted by molar-refractivity contribution is 9.10. The van der Waals surface area contributed by atoms with Gasteiger partial charge in [0.1, 0.15) is 0 Å². The van der Waals surface area contributed by atoms with Gasteiger partial charge in [-0.05, 0) is 78.5 Å². The lowest BCUT2D eigenvalue weighted by Crippen LogP contribution is -2.60. The lowest BCUT2D eigenvalue weighted by Gasteiger charge is -2.60. The van der Waals surface area contributed by atoms with Crippen LogP contribution >= 0.6 is 39.1 Å². The van der Waals surface area contributed by atoms with Crippen molar-refractivity contribution in [2.75, 3.05) is 5.32 Å². The second kappa shape index (κ2) is 6.90. The van der Waals surface area contributed by atoms with Crippen molar-refractivity contribution in [3.05, 3.63) is 43.1 Å². The van der Waals surface area contributed by atoms with Crippen LogP contribution in [0.4, 0.5) is 11.6 Å². The van der Waals surface area contributed by atoms with Crippen LogP contribution in [0.3, 0.4) is 0 Å². The molecule has 2 aromatic rings. The van der Waals surface area contributed by atoms with Crippen molar-refractivity contribution in [2.45, 2.75) is 44.1 Å². The van der Waals surface area contributed by atoms with E-state index in [2.05, 4.69) is 31.3 Å². The number of benzene rings is 1. The molecule has 1 heterocycles. The van der Waals surface area contributed by atoms with Gasteiger partial charge in [-0.3, -0.25) is 4.79 Å². The minimum atomic E-state index is -0.592. The van der Waals surface area contributed by atoms with Crippen molar-refractivity contribution < 1.29 is 9.72 Å². The maximum absolute atomic E-state index is 13.5. The molecule has 0 spiro atoms. The van der Waals surface area contributed by atoms with Crippen LogP contribution in [0.15, 0.2) is 22.9 Å². The molecule has 4 saturated carbocycles. The molecule has 1 N–H and O–H groups in total. The number of hydrogen-bond acceptors (Lipinski definition) is 5. The summed E-state index contributed by atoms with van der Waals surface area (Å²) in [5.41, 5.74) is -0.535. The van der Waals surface area contributed by atoms with Crippen LogP contribution in [-0.2, 0) is 10.3 Å². The molecular weight excluding hydrogens is 497 g/mol. The Morgan fingerprint density at radius 3 is 2.60 bits per heavy atom. The average molecular weight is 515 g/mol. The molecule has 0 radical (unpaired) electrons. The lowest BCUT2D eigenvalue weighted by molar-refractivity contribution is -0.394. The number of carbonyl (C=O) groups excluding carboxylic acids is 1. The predicted molar refractivity (Wildman–Crippen MR) is 115 cm³/mol. The van der Waals surface area contributed by atoms with E-state index in [4.69, 9.17) is 23.2 Å². The molecule has 158 valence electrons. The highest BCUT2D eigenvalue weighted by Gasteiger charge is 2.63. The Morgan fingerprint density at radius 1 is 1.27 bits per heavy atom. The fourth-order valence-electron chi connectivity index (χ4n) is 6.24. The van der Waals surface area contributed by atoms with Crippen LogP contribution in [0.25, 0.3) is 0 Å². The van der Waals surface area contributed by atoms with E-state index in [9.17, 15) is 14.9 Å². The average Bonchev–Trinajstić information content (AvgIpc) is 3.06. The maximum atomic E-state index is 13.5. The summed E-state index contributed by atoms with van der Waals surface area (Å²) >= 11 is 15.7. The van der Waals surface area contributed by atoms with Gasteiger partial charge in [-0.1, -0.05) is 23.2 Å². The highest BCUT2D eigenvalue weighted by atomic mass is 79.9. The van der Waals surface area contributed by atoms with E-state index >= 15 is 0 Å². The van der Waals surface area contributed by atoms with E-state index in [1.54, 1.807) is 22.9 Å². The van der Waals surface area contributed by atoms with E-state index in [1.807, 2.05) is 0 Å². The summed E-state index contributed by atoms with van der Waals surface area (Å²) < 4.78 is 1.99. The van der Waals surface area contributed by atoms with Crippen LogP contribution in [0, 0.1) is 27.4 Å². The lowest BCUT2D eigenvalue weighted by atomic mass is 9.46. The third kappa shape index (κ3) is 3.13. The molecule has 1 amide bonds. The Labute approximate surface area is 190 Å². The first-order chi connectivity index (χ1) is 14.2. The van der Waals surface area contributed by atoms with Crippen LogP contribution < -0.4 is 5.32 Å². The monoisotopic (exact) mass is 513 g/mol. The summed E-state index contributed by atoms with van der Waals surface area (Å²) in [6, 6.07) is 4.98. The van der Waals surface area contributed by atoms with Gasteiger partial charge >= 0.3 is 5.95 Å². The molecule has 1 aromatic carbocycles. The Kier molecular flexibility index (Phi) is 4.65. The zero-order chi connectivity index (χ0) is 21.3. The van der Waals surface area contributed by atoms with E-state index in [0.717, 1.165) is 32.1 Å². The normalized spacial score (nSPS) is 31.7. The molecule has 11 heteroatoms. The van der Waals surface area contributed by atoms with Gasteiger partial charge in [0.05, 0.1) is 21.7 Å². The van der Waals surface area contributed by atoms with Gasteiger partial charge in [0.15, 0.2) is 0 Å². The number of amides is 1. The highest BCUT2D eigenvalue weighted by Crippen LogP contribution is 2.64. The van der Waals surface area contributed by atoms with Gasteiger partial charge in [-0.15, -0.1) is 0 Å². The first-order valence-electron chi connectivity index (χ1n) is 9.74. The smallest absolute Gasteiger partial charge is 0.390 e. The standard InChI is InChI=1S/C19H18BrCl2N5O3/c20-16-24-17(27(29)30)25-26(16)19-7-10-3-11(8-19)6-18(5-10,9-19)15(28)23-14-4-12(21)1-2-13(14)22/h1-2,4,10-11H,3,5-9H2,(H,23,28)/t10-,11+,18?,19?. The Bertz CT molecular complexity index is 1060. The van der Waals surface area contributed by atoms with E-state index in [-0.39, 0.29) is 5.91 Å². The van der Waals surface area contributed by atoms with Gasteiger partial charge in [-0.2, -0.15) is 4.68 Å². The van der Waals surface area contributed by atoms with E-state index < -0.39 is 21.8 Å². The summed E-state index contributed by atoms with van der Waals surface area (Å²) in [4.78, 5) is 28.1. The van der Waals surface area contributed by atoms with E-state index in [1.165, 1.54) is 0 Å². The molecule has 0 aliphatic heterocycles. The maximum Gasteiger partial charge on any atom is 0.492 e. The molecule has 4 aliphatic carbocycles. The van der Waals surface area contributed by atoms with Gasteiger partial charge in [0.2, 0.25) is 5.91 Å². The molecule has 4 atom stereocenters. The van der Waals surface area contributed by atoms with Crippen LogP contribution in [-0.4, -0.2) is 25.6 Å². The third-order valence-corrected chi connectivity index (χ3v) is 7.94. The molecule has 0 saturated heterocycles. The number of rotatable bonds is 4. The van der Waals surface area contributed by atoms with E-state index in [0.29, 0.717) is 38.7 Å². The zero-order valence-corrected chi connectivity index (χ0v) is 18.9.